The summed E-state index contributed by atoms with van der Waals surface area (Å²) < 4.78 is 15.5. The molecule has 0 spiro atoms. The van der Waals surface area contributed by atoms with Gasteiger partial charge in [-0.05, 0) is 23.1 Å². The second-order valence-corrected chi connectivity index (χ2v) is 6.05. The molecule has 1 aromatic rings. The van der Waals surface area contributed by atoms with Crippen LogP contribution in [0.5, 0.6) is 5.75 Å². The monoisotopic (exact) mass is 314 g/mol. The molecule has 0 fully saturated rings. The summed E-state index contributed by atoms with van der Waals surface area (Å²) in [6, 6.07) is 5.65. The van der Waals surface area contributed by atoms with E-state index in [2.05, 4.69) is 20.8 Å². The van der Waals surface area contributed by atoms with Crippen LogP contribution < -0.4 is 4.74 Å². The molecule has 0 N–H and O–H groups in total. The van der Waals surface area contributed by atoms with E-state index in [1.807, 2.05) is 18.2 Å². The van der Waals surface area contributed by atoms with E-state index in [0.29, 0.717) is 23.8 Å². The van der Waals surface area contributed by atoms with Gasteiger partial charge >= 0.3 is 0 Å². The first-order valence-electron chi connectivity index (χ1n) is 6.83. The highest BCUT2D eigenvalue weighted by molar-refractivity contribution is 6.18. The fourth-order valence-electron chi connectivity index (χ4n) is 1.78. The lowest BCUT2D eigenvalue weighted by atomic mass is 9.85. The summed E-state index contributed by atoms with van der Waals surface area (Å²) in [5.74, 6) is 0.770. The molecule has 0 unspecified atom stereocenters. The first-order valence-corrected chi connectivity index (χ1v) is 7.36. The van der Waals surface area contributed by atoms with Crippen LogP contribution >= 0.6 is 11.6 Å². The number of halogens is 1. The standard InChI is InChI=1S/C16H23ClO4/c1-16(2,3)12-5-6-15(21-8-7-17)13(9-12)14(18)10-20-11-19-4/h5-6,9H,7-8,10-11H2,1-4H3. The Morgan fingerprint density at radius 3 is 2.57 bits per heavy atom. The second kappa shape index (κ2) is 8.37. The minimum absolute atomic E-state index is 0.0430. The fraction of sp³-hybridized carbons (Fsp3) is 0.562. The van der Waals surface area contributed by atoms with Crippen molar-refractivity contribution in [1.82, 2.24) is 0 Å². The van der Waals surface area contributed by atoms with Crippen LogP contribution in [-0.4, -0.2) is 38.8 Å². The minimum Gasteiger partial charge on any atom is -0.492 e. The Balaban J connectivity index is 3.01. The number of hydrogen-bond donors (Lipinski definition) is 0. The molecular weight excluding hydrogens is 292 g/mol. The lowest BCUT2D eigenvalue weighted by Gasteiger charge is -2.21. The van der Waals surface area contributed by atoms with Crippen molar-refractivity contribution < 1.29 is 19.0 Å². The summed E-state index contributed by atoms with van der Waals surface area (Å²) in [6.07, 6.45) is 0. The van der Waals surface area contributed by atoms with Gasteiger partial charge in [0.05, 0.1) is 11.4 Å². The van der Waals surface area contributed by atoms with Gasteiger partial charge in [-0.25, -0.2) is 0 Å². The first-order chi connectivity index (χ1) is 9.90. The van der Waals surface area contributed by atoms with Gasteiger partial charge in [-0.15, -0.1) is 11.6 Å². The number of benzene rings is 1. The van der Waals surface area contributed by atoms with E-state index in [0.717, 1.165) is 5.56 Å². The third kappa shape index (κ3) is 5.65. The molecule has 0 aliphatic rings. The molecule has 118 valence electrons. The lowest BCUT2D eigenvalue weighted by molar-refractivity contribution is -0.0238. The summed E-state index contributed by atoms with van der Waals surface area (Å²) in [6.45, 7) is 6.68. The summed E-state index contributed by atoms with van der Waals surface area (Å²) in [5, 5.41) is 0. The van der Waals surface area contributed by atoms with Gasteiger partial charge in [-0.2, -0.15) is 0 Å². The quantitative estimate of drug-likeness (QED) is 0.319. The zero-order valence-electron chi connectivity index (χ0n) is 13.1. The van der Waals surface area contributed by atoms with Crippen LogP contribution in [0.1, 0.15) is 36.7 Å². The second-order valence-electron chi connectivity index (χ2n) is 5.68. The van der Waals surface area contributed by atoms with E-state index >= 15 is 0 Å². The van der Waals surface area contributed by atoms with Crippen LogP contribution in [0.25, 0.3) is 0 Å². The van der Waals surface area contributed by atoms with Gasteiger partial charge < -0.3 is 14.2 Å². The van der Waals surface area contributed by atoms with Crippen molar-refractivity contribution in [3.63, 3.8) is 0 Å². The van der Waals surface area contributed by atoms with Crippen molar-refractivity contribution >= 4 is 17.4 Å². The number of carbonyl (C=O) groups is 1. The van der Waals surface area contributed by atoms with Crippen molar-refractivity contribution in [2.75, 3.05) is 33.0 Å². The van der Waals surface area contributed by atoms with Gasteiger partial charge in [0.1, 0.15) is 25.8 Å². The summed E-state index contributed by atoms with van der Waals surface area (Å²) in [4.78, 5) is 12.3. The number of alkyl halides is 1. The van der Waals surface area contributed by atoms with Crippen LogP contribution in [0.15, 0.2) is 18.2 Å². The highest BCUT2D eigenvalue weighted by Gasteiger charge is 2.19. The van der Waals surface area contributed by atoms with Gasteiger partial charge in [-0.3, -0.25) is 4.79 Å². The number of ether oxygens (including phenoxy) is 3. The largest absolute Gasteiger partial charge is 0.492 e. The SMILES string of the molecule is COCOCC(=O)c1cc(C(C)(C)C)ccc1OCCCl. The zero-order valence-corrected chi connectivity index (χ0v) is 13.8. The predicted octanol–water partition coefficient (Wildman–Crippen LogP) is 3.40. The van der Waals surface area contributed by atoms with E-state index in [9.17, 15) is 4.79 Å². The highest BCUT2D eigenvalue weighted by Crippen LogP contribution is 2.28. The van der Waals surface area contributed by atoms with Gasteiger partial charge in [0.25, 0.3) is 0 Å². The normalized spacial score (nSPS) is 11.5. The molecule has 0 aliphatic heterocycles. The molecule has 0 saturated carbocycles. The first kappa shape index (κ1) is 18.0. The third-order valence-electron chi connectivity index (χ3n) is 2.92. The summed E-state index contributed by atoms with van der Waals surface area (Å²) in [7, 11) is 1.51. The molecule has 0 radical (unpaired) electrons. The number of hydrogen-bond acceptors (Lipinski definition) is 4. The topological polar surface area (TPSA) is 44.8 Å². The van der Waals surface area contributed by atoms with E-state index in [-0.39, 0.29) is 24.6 Å². The van der Waals surface area contributed by atoms with E-state index in [4.69, 9.17) is 25.8 Å². The maximum absolute atomic E-state index is 12.3. The van der Waals surface area contributed by atoms with Crippen molar-refractivity contribution in [3.05, 3.63) is 29.3 Å². The molecule has 0 aromatic heterocycles. The van der Waals surface area contributed by atoms with Crippen LogP contribution in [0.4, 0.5) is 0 Å². The van der Waals surface area contributed by atoms with Crippen LogP contribution in [0.3, 0.4) is 0 Å². The molecule has 0 saturated heterocycles. The van der Waals surface area contributed by atoms with Crippen molar-refractivity contribution in [2.45, 2.75) is 26.2 Å². The van der Waals surface area contributed by atoms with Crippen molar-refractivity contribution in [1.29, 1.82) is 0 Å². The number of rotatable bonds is 8. The fourth-order valence-corrected chi connectivity index (χ4v) is 1.86. The van der Waals surface area contributed by atoms with E-state index in [1.54, 1.807) is 0 Å². The Morgan fingerprint density at radius 2 is 2.00 bits per heavy atom. The maximum atomic E-state index is 12.3. The van der Waals surface area contributed by atoms with Gasteiger partial charge in [0.2, 0.25) is 0 Å². The Hall–Kier alpha value is -1.10. The van der Waals surface area contributed by atoms with Gasteiger partial charge in [-0.1, -0.05) is 26.8 Å². The Morgan fingerprint density at radius 1 is 1.29 bits per heavy atom. The van der Waals surface area contributed by atoms with Crippen LogP contribution in [-0.2, 0) is 14.9 Å². The average molecular weight is 315 g/mol. The number of carbonyl (C=O) groups excluding carboxylic acids is 1. The Labute approximate surface area is 131 Å². The lowest BCUT2D eigenvalue weighted by Crippen LogP contribution is -2.16. The van der Waals surface area contributed by atoms with E-state index < -0.39 is 0 Å². The predicted molar refractivity (Wildman–Crippen MR) is 83.5 cm³/mol. The maximum Gasteiger partial charge on any atom is 0.192 e. The summed E-state index contributed by atoms with van der Waals surface area (Å²) >= 11 is 5.64. The minimum atomic E-state index is -0.136. The smallest absolute Gasteiger partial charge is 0.192 e. The highest BCUT2D eigenvalue weighted by atomic mass is 35.5. The van der Waals surface area contributed by atoms with Crippen molar-refractivity contribution in [2.24, 2.45) is 0 Å². The number of ketones is 1. The van der Waals surface area contributed by atoms with E-state index in [1.165, 1.54) is 7.11 Å². The average Bonchev–Trinajstić information content (AvgIpc) is 2.44. The van der Waals surface area contributed by atoms with Crippen molar-refractivity contribution in [3.8, 4) is 5.75 Å². The molecule has 1 aromatic carbocycles. The molecule has 4 nitrogen and oxygen atoms in total. The number of methoxy groups -OCH3 is 1. The molecular formula is C16H23ClO4. The molecule has 5 heteroatoms. The molecule has 21 heavy (non-hydrogen) atoms. The molecule has 1 rings (SSSR count). The number of Topliss-reactive ketones (excluding diaryl/α,β-unsaturated/α-hetero) is 1. The molecule has 0 aliphatic carbocycles. The van der Waals surface area contributed by atoms with Crippen LogP contribution in [0, 0.1) is 0 Å². The molecule has 0 amide bonds. The molecule has 0 atom stereocenters. The Kier molecular flexibility index (Phi) is 7.15. The van der Waals surface area contributed by atoms with Gasteiger partial charge in [0.15, 0.2) is 5.78 Å². The molecule has 0 bridgehead atoms. The zero-order chi connectivity index (χ0) is 15.9. The third-order valence-corrected chi connectivity index (χ3v) is 3.07. The summed E-state index contributed by atoms with van der Waals surface area (Å²) in [5.41, 5.74) is 1.53. The van der Waals surface area contributed by atoms with Gasteiger partial charge in [0, 0.05) is 7.11 Å². The Bertz CT molecular complexity index is 466. The molecule has 0 heterocycles. The van der Waals surface area contributed by atoms with Crippen LogP contribution in [0.2, 0.25) is 0 Å².